The second kappa shape index (κ2) is 7.38. The molecular weight excluding hydrogens is 357 g/mol. The molecule has 2 heterocycles. The number of carbonyl (C=O) groups is 1. The Morgan fingerprint density at radius 2 is 1.89 bits per heavy atom. The van der Waals surface area contributed by atoms with E-state index in [-0.39, 0.29) is 17.2 Å². The van der Waals surface area contributed by atoms with E-state index in [2.05, 4.69) is 9.97 Å². The number of benzene rings is 2. The summed E-state index contributed by atoms with van der Waals surface area (Å²) in [5, 5.41) is 9.59. The van der Waals surface area contributed by atoms with Crippen molar-refractivity contribution < 1.29 is 14.3 Å². The maximum Gasteiger partial charge on any atom is 0.257 e. The van der Waals surface area contributed by atoms with Gasteiger partial charge in [-0.2, -0.15) is 0 Å². The number of fused-ring (bicyclic) bond motifs is 1. The summed E-state index contributed by atoms with van der Waals surface area (Å²) in [4.78, 5) is 23.8. The van der Waals surface area contributed by atoms with Crippen LogP contribution in [0, 0.1) is 5.82 Å². The fourth-order valence-electron chi connectivity index (χ4n) is 3.46. The molecule has 0 aliphatic carbocycles. The smallest absolute Gasteiger partial charge is 0.257 e. The van der Waals surface area contributed by atoms with Gasteiger partial charge in [0, 0.05) is 37.1 Å². The van der Waals surface area contributed by atoms with Crippen molar-refractivity contribution in [2.45, 2.75) is 26.3 Å². The number of hydrogen-bond donors (Lipinski definition) is 1. The molecule has 6 heteroatoms. The van der Waals surface area contributed by atoms with Crippen molar-refractivity contribution in [3.63, 3.8) is 0 Å². The first-order chi connectivity index (χ1) is 13.6. The summed E-state index contributed by atoms with van der Waals surface area (Å²) in [6, 6.07) is 12.9. The molecule has 28 heavy (non-hydrogen) atoms. The lowest BCUT2D eigenvalue weighted by Crippen LogP contribution is -2.37. The van der Waals surface area contributed by atoms with Crippen molar-refractivity contribution in [3.8, 4) is 17.0 Å². The molecule has 1 amide bonds. The molecule has 1 N–H and O–H groups in total. The quantitative estimate of drug-likeness (QED) is 0.755. The first kappa shape index (κ1) is 18.1. The summed E-state index contributed by atoms with van der Waals surface area (Å²) in [6.07, 6.45) is 1.30. The predicted octanol–water partition coefficient (Wildman–Crippen LogP) is 3.75. The van der Waals surface area contributed by atoms with Crippen molar-refractivity contribution >= 4 is 5.91 Å². The number of aryl methyl sites for hydroxylation is 1. The average molecular weight is 377 g/mol. The van der Waals surface area contributed by atoms with Gasteiger partial charge in [0.25, 0.3) is 5.91 Å². The van der Waals surface area contributed by atoms with Crippen LogP contribution in [0.5, 0.6) is 5.75 Å². The lowest BCUT2D eigenvalue weighted by atomic mass is 9.98. The highest BCUT2D eigenvalue weighted by molar-refractivity contribution is 5.94. The minimum Gasteiger partial charge on any atom is -0.508 e. The molecule has 0 unspecified atom stereocenters. The van der Waals surface area contributed by atoms with Crippen LogP contribution in [-0.4, -0.2) is 32.4 Å². The molecule has 2 aromatic carbocycles. The number of aromatic hydroxyl groups is 1. The topological polar surface area (TPSA) is 66.3 Å². The van der Waals surface area contributed by atoms with Crippen LogP contribution in [0.25, 0.3) is 11.3 Å². The van der Waals surface area contributed by atoms with E-state index in [1.165, 1.54) is 12.1 Å². The number of carbonyl (C=O) groups excluding carboxylic acids is 1. The Labute approximate surface area is 162 Å². The molecule has 0 saturated carbocycles. The first-order valence-corrected chi connectivity index (χ1v) is 9.28. The number of rotatable bonds is 3. The Bertz CT molecular complexity index is 1030. The van der Waals surface area contributed by atoms with Gasteiger partial charge in [-0.1, -0.05) is 19.1 Å². The molecule has 1 aliphatic heterocycles. The van der Waals surface area contributed by atoms with Crippen molar-refractivity contribution in [3.05, 3.63) is 77.0 Å². The molecule has 0 spiro atoms. The lowest BCUT2D eigenvalue weighted by molar-refractivity contribution is 0.0729. The number of hydrogen-bond acceptors (Lipinski definition) is 4. The van der Waals surface area contributed by atoms with E-state index in [0.29, 0.717) is 25.9 Å². The second-order valence-electron chi connectivity index (χ2n) is 6.77. The monoisotopic (exact) mass is 377 g/mol. The molecular formula is C22H20FN3O2. The zero-order valence-electron chi connectivity index (χ0n) is 15.5. The maximum atomic E-state index is 14.1. The summed E-state index contributed by atoms with van der Waals surface area (Å²) in [5.41, 5.74) is 3.48. The van der Waals surface area contributed by atoms with E-state index in [9.17, 15) is 14.3 Å². The third-order valence-electron chi connectivity index (χ3n) is 4.96. The number of phenols is 1. The van der Waals surface area contributed by atoms with E-state index in [4.69, 9.17) is 0 Å². The molecule has 5 nitrogen and oxygen atoms in total. The molecule has 3 aromatic rings. The van der Waals surface area contributed by atoms with Gasteiger partial charge in [0.05, 0.1) is 17.0 Å². The standard InChI is InChI=1S/C22H20FN3O2/c1-2-20-24-19-11-12-26(22(28)16-5-3-4-6-18(16)23)13-17(19)21(25-20)14-7-9-15(27)10-8-14/h3-10,27H,2,11-13H2,1H3. The normalized spacial score (nSPS) is 13.3. The Kier molecular flexibility index (Phi) is 4.77. The fourth-order valence-corrected chi connectivity index (χ4v) is 3.46. The van der Waals surface area contributed by atoms with Gasteiger partial charge in [0.15, 0.2) is 0 Å². The largest absolute Gasteiger partial charge is 0.508 e. The predicted molar refractivity (Wildman–Crippen MR) is 103 cm³/mol. The number of halogens is 1. The molecule has 0 bridgehead atoms. The van der Waals surface area contributed by atoms with Crippen LogP contribution in [0.3, 0.4) is 0 Å². The van der Waals surface area contributed by atoms with Gasteiger partial charge in [-0.05, 0) is 36.4 Å². The minimum atomic E-state index is -0.519. The Morgan fingerprint density at radius 3 is 2.61 bits per heavy atom. The van der Waals surface area contributed by atoms with Gasteiger partial charge in [-0.3, -0.25) is 4.79 Å². The zero-order valence-corrected chi connectivity index (χ0v) is 15.5. The minimum absolute atomic E-state index is 0.0724. The molecule has 1 aliphatic rings. The highest BCUT2D eigenvalue weighted by Crippen LogP contribution is 2.30. The van der Waals surface area contributed by atoms with Crippen LogP contribution in [0.2, 0.25) is 0 Å². The zero-order chi connectivity index (χ0) is 19.7. The van der Waals surface area contributed by atoms with Crippen molar-refractivity contribution in [1.82, 2.24) is 14.9 Å². The van der Waals surface area contributed by atoms with Gasteiger partial charge in [0.2, 0.25) is 0 Å². The van der Waals surface area contributed by atoms with Gasteiger partial charge >= 0.3 is 0 Å². The van der Waals surface area contributed by atoms with Crippen LogP contribution < -0.4 is 0 Å². The van der Waals surface area contributed by atoms with Gasteiger partial charge in [0.1, 0.15) is 17.4 Å². The first-order valence-electron chi connectivity index (χ1n) is 9.28. The number of phenolic OH excluding ortho intramolecular Hbond substituents is 1. The van der Waals surface area contributed by atoms with Crippen LogP contribution in [-0.2, 0) is 19.4 Å². The summed E-state index contributed by atoms with van der Waals surface area (Å²) in [7, 11) is 0. The van der Waals surface area contributed by atoms with Crippen LogP contribution in [0.4, 0.5) is 4.39 Å². The van der Waals surface area contributed by atoms with E-state index in [1.807, 2.05) is 6.92 Å². The molecule has 0 atom stereocenters. The molecule has 142 valence electrons. The SMILES string of the molecule is CCc1nc2c(c(-c3ccc(O)cc3)n1)CN(C(=O)c1ccccc1F)CC2. The van der Waals surface area contributed by atoms with Crippen LogP contribution in [0.1, 0.15) is 34.4 Å². The summed E-state index contributed by atoms with van der Waals surface area (Å²) in [6.45, 7) is 2.80. The average Bonchev–Trinajstić information content (AvgIpc) is 2.73. The van der Waals surface area contributed by atoms with Gasteiger partial charge in [-0.15, -0.1) is 0 Å². The van der Waals surface area contributed by atoms with Crippen LogP contribution in [0.15, 0.2) is 48.5 Å². The number of aromatic nitrogens is 2. The summed E-state index contributed by atoms with van der Waals surface area (Å²) < 4.78 is 14.1. The molecule has 0 saturated heterocycles. The Hall–Kier alpha value is -3.28. The van der Waals surface area contributed by atoms with Gasteiger partial charge in [-0.25, -0.2) is 14.4 Å². The third-order valence-corrected chi connectivity index (χ3v) is 4.96. The van der Waals surface area contributed by atoms with Crippen molar-refractivity contribution in [2.75, 3.05) is 6.54 Å². The molecule has 1 aromatic heterocycles. The Balaban J connectivity index is 1.74. The van der Waals surface area contributed by atoms with E-state index < -0.39 is 5.82 Å². The number of amides is 1. The second-order valence-corrected chi connectivity index (χ2v) is 6.77. The van der Waals surface area contributed by atoms with E-state index in [1.54, 1.807) is 41.3 Å². The van der Waals surface area contributed by atoms with Crippen LogP contribution >= 0.6 is 0 Å². The molecule has 4 rings (SSSR count). The molecule has 0 radical (unpaired) electrons. The Morgan fingerprint density at radius 1 is 1.14 bits per heavy atom. The lowest BCUT2D eigenvalue weighted by Gasteiger charge is -2.30. The van der Waals surface area contributed by atoms with Gasteiger partial charge < -0.3 is 10.0 Å². The highest BCUT2D eigenvalue weighted by Gasteiger charge is 2.27. The van der Waals surface area contributed by atoms with E-state index >= 15 is 0 Å². The van der Waals surface area contributed by atoms with E-state index in [0.717, 1.165) is 28.3 Å². The maximum absolute atomic E-state index is 14.1. The number of nitrogens with zero attached hydrogens (tertiary/aromatic N) is 3. The summed E-state index contributed by atoms with van der Waals surface area (Å²) >= 11 is 0. The third kappa shape index (κ3) is 3.33. The highest BCUT2D eigenvalue weighted by atomic mass is 19.1. The van der Waals surface area contributed by atoms with Crippen molar-refractivity contribution in [2.24, 2.45) is 0 Å². The fraction of sp³-hybridized carbons (Fsp3) is 0.227. The summed E-state index contributed by atoms with van der Waals surface area (Å²) in [5.74, 6) is 0.0732. The van der Waals surface area contributed by atoms with Crippen molar-refractivity contribution in [1.29, 1.82) is 0 Å². The molecule has 0 fully saturated rings.